The molecule has 0 radical (unpaired) electrons. The van der Waals surface area contributed by atoms with Gasteiger partial charge in [0.1, 0.15) is 0 Å². The number of rotatable bonds is 6. The average molecular weight is 314 g/mol. The van der Waals surface area contributed by atoms with Crippen molar-refractivity contribution in [3.63, 3.8) is 0 Å². The molecule has 2 heterocycles. The summed E-state index contributed by atoms with van der Waals surface area (Å²) in [5, 5.41) is 4.88. The van der Waals surface area contributed by atoms with E-state index in [-0.39, 0.29) is 11.1 Å². The number of fused-ring (bicyclic) bond motifs is 1. The van der Waals surface area contributed by atoms with E-state index in [2.05, 4.69) is 15.0 Å². The van der Waals surface area contributed by atoms with Crippen LogP contribution < -0.4 is 10.0 Å². The van der Waals surface area contributed by atoms with Gasteiger partial charge in [0.05, 0.1) is 0 Å². The Bertz CT molecular complexity index is 715. The van der Waals surface area contributed by atoms with Crippen molar-refractivity contribution in [2.24, 2.45) is 5.92 Å². The molecule has 2 N–H and O–H groups in total. The van der Waals surface area contributed by atoms with Crippen molar-refractivity contribution < 1.29 is 8.42 Å². The van der Waals surface area contributed by atoms with Crippen LogP contribution in [0.15, 0.2) is 16.6 Å². The van der Waals surface area contributed by atoms with Gasteiger partial charge in [-0.05, 0) is 19.3 Å². The highest BCUT2D eigenvalue weighted by atomic mass is 32.2. The molecule has 1 saturated carbocycles. The van der Waals surface area contributed by atoms with E-state index in [9.17, 15) is 8.42 Å². The van der Waals surface area contributed by atoms with Crippen LogP contribution in [0.25, 0.3) is 4.96 Å². The molecular formula is C12H18N4O2S2. The van der Waals surface area contributed by atoms with Crippen molar-refractivity contribution in [3.8, 4) is 0 Å². The number of sulfonamides is 1. The molecule has 1 fully saturated rings. The summed E-state index contributed by atoms with van der Waals surface area (Å²) in [6, 6.07) is -0.0543. The Labute approximate surface area is 122 Å². The second-order valence-corrected chi connectivity index (χ2v) is 7.77. The first-order valence-corrected chi connectivity index (χ1v) is 9.03. The lowest BCUT2D eigenvalue weighted by Gasteiger charge is -2.14. The molecule has 6 nitrogen and oxygen atoms in total. The first-order chi connectivity index (χ1) is 9.51. The topological polar surface area (TPSA) is 75.5 Å². The van der Waals surface area contributed by atoms with E-state index in [0.717, 1.165) is 6.42 Å². The predicted molar refractivity (Wildman–Crippen MR) is 79.7 cm³/mol. The minimum atomic E-state index is -3.58. The molecule has 20 heavy (non-hydrogen) atoms. The molecule has 2 aromatic heterocycles. The lowest BCUT2D eigenvalue weighted by atomic mass is 10.2. The van der Waals surface area contributed by atoms with Crippen LogP contribution in [0.4, 0.5) is 5.82 Å². The van der Waals surface area contributed by atoms with Crippen molar-refractivity contribution in [3.05, 3.63) is 11.6 Å². The minimum Gasteiger partial charge on any atom is -0.371 e. The number of aromatic nitrogens is 2. The highest BCUT2D eigenvalue weighted by Gasteiger charge is 2.29. The van der Waals surface area contributed by atoms with E-state index < -0.39 is 10.0 Å². The standard InChI is InChI=1S/C12H18N4O2S2/c1-8(7-9-3-4-9)15-20(17,18)11-10(13-2)14-12-16(11)5-6-19-12/h5-6,8-9,13,15H,3-4,7H2,1-2H3. The first kappa shape index (κ1) is 13.8. The van der Waals surface area contributed by atoms with Gasteiger partial charge >= 0.3 is 0 Å². The second-order valence-electron chi connectivity index (χ2n) is 5.27. The summed E-state index contributed by atoms with van der Waals surface area (Å²) in [7, 11) is -1.90. The molecule has 8 heteroatoms. The normalized spacial score (nSPS) is 17.5. The maximum absolute atomic E-state index is 12.6. The lowest BCUT2D eigenvalue weighted by Crippen LogP contribution is -2.34. The molecule has 2 aromatic rings. The Balaban J connectivity index is 1.92. The molecule has 1 aliphatic carbocycles. The van der Waals surface area contributed by atoms with Crippen LogP contribution in [0.5, 0.6) is 0 Å². The fraction of sp³-hybridized carbons (Fsp3) is 0.583. The smallest absolute Gasteiger partial charge is 0.260 e. The van der Waals surface area contributed by atoms with Gasteiger partial charge in [0.15, 0.2) is 15.8 Å². The Morgan fingerprint density at radius 2 is 2.30 bits per heavy atom. The van der Waals surface area contributed by atoms with Gasteiger partial charge in [0.2, 0.25) is 0 Å². The summed E-state index contributed by atoms with van der Waals surface area (Å²) in [4.78, 5) is 4.96. The van der Waals surface area contributed by atoms with Gasteiger partial charge in [-0.3, -0.25) is 4.40 Å². The van der Waals surface area contributed by atoms with Crippen molar-refractivity contribution in [2.45, 2.75) is 37.3 Å². The van der Waals surface area contributed by atoms with Crippen LogP contribution in [-0.2, 0) is 10.0 Å². The zero-order chi connectivity index (χ0) is 14.3. The minimum absolute atomic E-state index is 0.0543. The molecule has 0 spiro atoms. The zero-order valence-electron chi connectivity index (χ0n) is 11.5. The van der Waals surface area contributed by atoms with E-state index in [1.165, 1.54) is 24.2 Å². The van der Waals surface area contributed by atoms with E-state index in [4.69, 9.17) is 0 Å². The molecule has 0 aliphatic heterocycles. The maximum Gasteiger partial charge on any atom is 0.260 e. The van der Waals surface area contributed by atoms with Crippen LogP contribution in [0.1, 0.15) is 26.2 Å². The first-order valence-electron chi connectivity index (χ1n) is 6.67. The van der Waals surface area contributed by atoms with Crippen molar-refractivity contribution in [1.29, 1.82) is 0 Å². The summed E-state index contributed by atoms with van der Waals surface area (Å²) < 4.78 is 29.6. The third-order valence-electron chi connectivity index (χ3n) is 3.45. The van der Waals surface area contributed by atoms with E-state index in [1.807, 2.05) is 12.3 Å². The Morgan fingerprint density at radius 1 is 1.55 bits per heavy atom. The average Bonchev–Trinajstić information content (AvgIpc) is 2.92. The summed E-state index contributed by atoms with van der Waals surface area (Å²) in [5.74, 6) is 1.08. The molecule has 1 atom stereocenters. The Kier molecular flexibility index (Phi) is 3.47. The molecule has 110 valence electrons. The number of imidazole rings is 1. The van der Waals surface area contributed by atoms with E-state index >= 15 is 0 Å². The van der Waals surface area contributed by atoms with Gasteiger partial charge in [-0.25, -0.2) is 18.1 Å². The van der Waals surface area contributed by atoms with Crippen LogP contribution >= 0.6 is 11.3 Å². The van der Waals surface area contributed by atoms with Gasteiger partial charge < -0.3 is 5.32 Å². The summed E-state index contributed by atoms with van der Waals surface area (Å²) in [6.07, 6.45) is 5.07. The number of hydrogen-bond donors (Lipinski definition) is 2. The monoisotopic (exact) mass is 314 g/mol. The molecule has 0 saturated heterocycles. The van der Waals surface area contributed by atoms with Gasteiger partial charge in [0, 0.05) is 24.7 Å². The molecule has 0 bridgehead atoms. The molecular weight excluding hydrogens is 296 g/mol. The SMILES string of the molecule is CNc1nc2sccn2c1S(=O)(=O)NC(C)CC1CC1. The van der Waals surface area contributed by atoms with Crippen molar-refractivity contribution >= 4 is 32.1 Å². The fourth-order valence-electron chi connectivity index (χ4n) is 2.41. The highest BCUT2D eigenvalue weighted by Crippen LogP contribution is 2.34. The highest BCUT2D eigenvalue weighted by molar-refractivity contribution is 7.89. The number of nitrogens with zero attached hydrogens (tertiary/aromatic N) is 2. The fourth-order valence-corrected chi connectivity index (χ4v) is 4.72. The molecule has 1 unspecified atom stereocenters. The van der Waals surface area contributed by atoms with Gasteiger partial charge in [-0.15, -0.1) is 11.3 Å². The Morgan fingerprint density at radius 3 is 2.95 bits per heavy atom. The predicted octanol–water partition coefficient (Wildman–Crippen LogP) is 1.90. The zero-order valence-corrected chi connectivity index (χ0v) is 13.1. The lowest BCUT2D eigenvalue weighted by molar-refractivity contribution is 0.527. The van der Waals surface area contributed by atoms with Crippen LogP contribution in [0.3, 0.4) is 0 Å². The number of nitrogens with one attached hydrogen (secondary N) is 2. The van der Waals surface area contributed by atoms with E-state index in [1.54, 1.807) is 17.6 Å². The second kappa shape index (κ2) is 5.01. The number of anilines is 1. The quantitative estimate of drug-likeness (QED) is 0.854. The molecule has 0 aromatic carbocycles. The van der Waals surface area contributed by atoms with Gasteiger partial charge in [-0.1, -0.05) is 12.8 Å². The van der Waals surface area contributed by atoms with Crippen molar-refractivity contribution in [1.82, 2.24) is 14.1 Å². The largest absolute Gasteiger partial charge is 0.371 e. The summed E-state index contributed by atoms with van der Waals surface area (Å²) >= 11 is 1.41. The van der Waals surface area contributed by atoms with Gasteiger partial charge in [-0.2, -0.15) is 0 Å². The van der Waals surface area contributed by atoms with Crippen LogP contribution in [0.2, 0.25) is 0 Å². The Hall–Kier alpha value is -1.12. The van der Waals surface area contributed by atoms with Crippen LogP contribution in [0, 0.1) is 5.92 Å². The van der Waals surface area contributed by atoms with Gasteiger partial charge in [0.25, 0.3) is 10.0 Å². The molecule has 0 amide bonds. The van der Waals surface area contributed by atoms with Crippen LogP contribution in [-0.4, -0.2) is 30.9 Å². The molecule has 3 rings (SSSR count). The third kappa shape index (κ3) is 2.55. The molecule has 1 aliphatic rings. The number of hydrogen-bond acceptors (Lipinski definition) is 5. The third-order valence-corrected chi connectivity index (χ3v) is 5.82. The van der Waals surface area contributed by atoms with E-state index in [0.29, 0.717) is 16.7 Å². The number of thiazole rings is 1. The maximum atomic E-state index is 12.6. The summed E-state index contributed by atoms with van der Waals surface area (Å²) in [5.41, 5.74) is 0. The summed E-state index contributed by atoms with van der Waals surface area (Å²) in [6.45, 7) is 1.92. The van der Waals surface area contributed by atoms with Crippen molar-refractivity contribution in [2.75, 3.05) is 12.4 Å².